The van der Waals surface area contributed by atoms with E-state index in [9.17, 15) is 9.59 Å². The second-order valence-electron chi connectivity index (χ2n) is 5.68. The third kappa shape index (κ3) is 4.80. The molecule has 2 aromatic carbocycles. The highest BCUT2D eigenvalue weighted by molar-refractivity contribution is 6.33. The minimum Gasteiger partial charge on any atom is -0.456 e. The van der Waals surface area contributed by atoms with Crippen LogP contribution in [0.25, 0.3) is 10.9 Å². The number of ether oxygens (including phenoxy) is 1. The summed E-state index contributed by atoms with van der Waals surface area (Å²) in [6.45, 7) is -0.352. The highest BCUT2D eigenvalue weighted by Gasteiger charge is 2.10. The Kier molecular flexibility index (Phi) is 5.81. The topological polar surface area (TPSA) is 68.3 Å². The fraction of sp³-hybridized carbons (Fsp3) is 0.150. The van der Waals surface area contributed by atoms with Crippen molar-refractivity contribution in [3.05, 3.63) is 71.4 Å². The standard InChI is InChI=1S/C20H17ClN2O3/c21-16-6-2-4-8-18(16)23-19(24)13-26-20(25)12-11-15-10-9-14-5-1-3-7-17(14)22-15/h1-10H,11-13H2,(H,23,24). The van der Waals surface area contributed by atoms with E-state index in [2.05, 4.69) is 10.3 Å². The summed E-state index contributed by atoms with van der Waals surface area (Å²) in [6.07, 6.45) is 0.612. The lowest BCUT2D eigenvalue weighted by Gasteiger charge is -2.08. The molecule has 0 spiro atoms. The molecule has 0 atom stereocenters. The number of aryl methyl sites for hydroxylation is 1. The van der Waals surface area contributed by atoms with Gasteiger partial charge in [0, 0.05) is 17.5 Å². The minimum absolute atomic E-state index is 0.157. The molecule has 0 bridgehead atoms. The highest BCUT2D eigenvalue weighted by Crippen LogP contribution is 2.20. The maximum Gasteiger partial charge on any atom is 0.306 e. The average Bonchev–Trinajstić information content (AvgIpc) is 2.66. The summed E-state index contributed by atoms with van der Waals surface area (Å²) in [5.74, 6) is -0.885. The largest absolute Gasteiger partial charge is 0.456 e. The van der Waals surface area contributed by atoms with Crippen molar-refractivity contribution in [2.45, 2.75) is 12.8 Å². The molecule has 0 aliphatic carbocycles. The van der Waals surface area contributed by atoms with Crippen LogP contribution in [0.4, 0.5) is 5.69 Å². The first kappa shape index (κ1) is 17.9. The number of fused-ring (bicyclic) bond motifs is 1. The van der Waals surface area contributed by atoms with E-state index in [1.54, 1.807) is 24.3 Å². The number of amides is 1. The van der Waals surface area contributed by atoms with Gasteiger partial charge in [0.2, 0.25) is 0 Å². The van der Waals surface area contributed by atoms with E-state index < -0.39 is 11.9 Å². The Balaban J connectivity index is 1.46. The highest BCUT2D eigenvalue weighted by atomic mass is 35.5. The van der Waals surface area contributed by atoms with Crippen molar-refractivity contribution in [3.8, 4) is 0 Å². The third-order valence-electron chi connectivity index (χ3n) is 3.75. The summed E-state index contributed by atoms with van der Waals surface area (Å²) in [5.41, 5.74) is 2.18. The summed E-state index contributed by atoms with van der Waals surface area (Å²) >= 11 is 5.96. The van der Waals surface area contributed by atoms with Gasteiger partial charge in [-0.2, -0.15) is 0 Å². The summed E-state index contributed by atoms with van der Waals surface area (Å²) in [4.78, 5) is 28.2. The fourth-order valence-electron chi connectivity index (χ4n) is 2.44. The van der Waals surface area contributed by atoms with Crippen LogP contribution >= 0.6 is 11.6 Å². The Morgan fingerprint density at radius 2 is 1.77 bits per heavy atom. The number of para-hydroxylation sites is 2. The molecule has 26 heavy (non-hydrogen) atoms. The molecule has 0 aliphatic rings. The Morgan fingerprint density at radius 3 is 2.62 bits per heavy atom. The molecule has 1 amide bonds. The zero-order valence-corrected chi connectivity index (χ0v) is 14.7. The number of hydrogen-bond acceptors (Lipinski definition) is 4. The number of esters is 1. The van der Waals surface area contributed by atoms with Crippen molar-refractivity contribution >= 4 is 40.1 Å². The van der Waals surface area contributed by atoms with E-state index in [1.165, 1.54) is 0 Å². The van der Waals surface area contributed by atoms with Crippen LogP contribution in [-0.4, -0.2) is 23.5 Å². The lowest BCUT2D eigenvalue weighted by Crippen LogP contribution is -2.21. The van der Waals surface area contributed by atoms with Crippen molar-refractivity contribution in [1.29, 1.82) is 0 Å². The number of rotatable bonds is 6. The van der Waals surface area contributed by atoms with Crippen molar-refractivity contribution in [1.82, 2.24) is 4.98 Å². The van der Waals surface area contributed by atoms with Crippen LogP contribution in [0.15, 0.2) is 60.7 Å². The van der Waals surface area contributed by atoms with Crippen LogP contribution in [-0.2, 0) is 20.7 Å². The molecular weight excluding hydrogens is 352 g/mol. The van der Waals surface area contributed by atoms with Gasteiger partial charge in [0.05, 0.1) is 22.6 Å². The predicted octanol–water partition coefficient (Wildman–Crippen LogP) is 4.00. The van der Waals surface area contributed by atoms with Crippen LogP contribution in [0.2, 0.25) is 5.02 Å². The maximum atomic E-state index is 11.8. The van der Waals surface area contributed by atoms with Gasteiger partial charge in [-0.1, -0.05) is 48.0 Å². The molecule has 1 heterocycles. The lowest BCUT2D eigenvalue weighted by molar-refractivity contribution is -0.147. The van der Waals surface area contributed by atoms with Crippen LogP contribution in [0.5, 0.6) is 0 Å². The van der Waals surface area contributed by atoms with Crippen molar-refractivity contribution in [2.24, 2.45) is 0 Å². The molecule has 6 heteroatoms. The molecule has 132 valence electrons. The lowest BCUT2D eigenvalue weighted by atomic mass is 10.1. The molecule has 0 fully saturated rings. The number of nitrogens with one attached hydrogen (secondary N) is 1. The van der Waals surface area contributed by atoms with Crippen molar-refractivity contribution in [2.75, 3.05) is 11.9 Å². The van der Waals surface area contributed by atoms with Crippen LogP contribution in [0, 0.1) is 0 Å². The van der Waals surface area contributed by atoms with Gasteiger partial charge in [-0.3, -0.25) is 14.6 Å². The van der Waals surface area contributed by atoms with E-state index in [0.29, 0.717) is 17.1 Å². The zero-order valence-electron chi connectivity index (χ0n) is 13.9. The molecule has 0 saturated heterocycles. The molecule has 0 unspecified atom stereocenters. The number of aromatic nitrogens is 1. The summed E-state index contributed by atoms with van der Waals surface area (Å²) in [7, 11) is 0. The van der Waals surface area contributed by atoms with Gasteiger partial charge in [0.25, 0.3) is 5.91 Å². The predicted molar refractivity (Wildman–Crippen MR) is 101 cm³/mol. The monoisotopic (exact) mass is 368 g/mol. The van der Waals surface area contributed by atoms with Gasteiger partial charge in [0.1, 0.15) is 0 Å². The quantitative estimate of drug-likeness (QED) is 0.668. The zero-order chi connectivity index (χ0) is 18.4. The molecule has 3 rings (SSSR count). The first-order valence-corrected chi connectivity index (χ1v) is 8.54. The Bertz CT molecular complexity index is 943. The van der Waals surface area contributed by atoms with Crippen LogP contribution in [0.1, 0.15) is 12.1 Å². The van der Waals surface area contributed by atoms with Crippen LogP contribution < -0.4 is 5.32 Å². The summed E-state index contributed by atoms with van der Waals surface area (Å²) < 4.78 is 5.00. The van der Waals surface area contributed by atoms with E-state index in [-0.39, 0.29) is 13.0 Å². The van der Waals surface area contributed by atoms with Crippen molar-refractivity contribution < 1.29 is 14.3 Å². The van der Waals surface area contributed by atoms with Gasteiger partial charge in [-0.15, -0.1) is 0 Å². The Labute approximate surface area is 156 Å². The van der Waals surface area contributed by atoms with E-state index >= 15 is 0 Å². The smallest absolute Gasteiger partial charge is 0.306 e. The first-order valence-electron chi connectivity index (χ1n) is 8.16. The van der Waals surface area contributed by atoms with Crippen LogP contribution in [0.3, 0.4) is 0 Å². The number of carbonyl (C=O) groups excluding carboxylic acids is 2. The molecule has 1 N–H and O–H groups in total. The summed E-state index contributed by atoms with van der Waals surface area (Å²) in [5, 5.41) is 4.08. The Morgan fingerprint density at radius 1 is 1.00 bits per heavy atom. The molecule has 3 aromatic rings. The molecule has 0 radical (unpaired) electrons. The van der Waals surface area contributed by atoms with Gasteiger partial charge >= 0.3 is 5.97 Å². The minimum atomic E-state index is -0.450. The maximum absolute atomic E-state index is 11.8. The number of halogens is 1. The Hall–Kier alpha value is -2.92. The van der Waals surface area contributed by atoms with Crippen molar-refractivity contribution in [3.63, 3.8) is 0 Å². The number of nitrogens with zero attached hydrogens (tertiary/aromatic N) is 1. The third-order valence-corrected chi connectivity index (χ3v) is 4.08. The number of anilines is 1. The van der Waals surface area contributed by atoms with Gasteiger partial charge in [-0.25, -0.2) is 0 Å². The summed E-state index contributed by atoms with van der Waals surface area (Å²) in [6, 6.07) is 18.5. The van der Waals surface area contributed by atoms with Gasteiger partial charge in [-0.05, 0) is 24.3 Å². The fourth-order valence-corrected chi connectivity index (χ4v) is 2.63. The molecule has 0 saturated carbocycles. The second kappa shape index (κ2) is 8.45. The molecule has 0 aliphatic heterocycles. The number of carbonyl (C=O) groups is 2. The number of benzene rings is 2. The van der Waals surface area contributed by atoms with Gasteiger partial charge < -0.3 is 10.1 Å². The normalized spacial score (nSPS) is 10.5. The van der Waals surface area contributed by atoms with E-state index in [4.69, 9.17) is 16.3 Å². The molecular formula is C20H17ClN2O3. The van der Waals surface area contributed by atoms with E-state index in [0.717, 1.165) is 16.6 Å². The number of hydrogen-bond donors (Lipinski definition) is 1. The van der Waals surface area contributed by atoms with E-state index in [1.807, 2.05) is 36.4 Å². The number of pyridine rings is 1. The first-order chi connectivity index (χ1) is 12.6. The second-order valence-corrected chi connectivity index (χ2v) is 6.09. The molecule has 1 aromatic heterocycles. The molecule has 5 nitrogen and oxygen atoms in total. The van der Waals surface area contributed by atoms with Gasteiger partial charge in [0.15, 0.2) is 6.61 Å². The average molecular weight is 369 g/mol. The SMILES string of the molecule is O=C(COC(=O)CCc1ccc2ccccc2n1)Nc1ccccc1Cl.